The highest BCUT2D eigenvalue weighted by atomic mass is 16.6. The van der Waals surface area contributed by atoms with Crippen molar-refractivity contribution >= 4 is 5.69 Å². The Balaban J connectivity index is 1.34. The molecule has 10 nitrogen and oxygen atoms in total. The smallest absolute Gasteiger partial charge is 0.269 e. The number of allylic oxidation sites excluding steroid dienone is 1. The van der Waals surface area contributed by atoms with Gasteiger partial charge in [0.25, 0.3) is 5.69 Å². The minimum atomic E-state index is -0.459. The number of nitrogens with zero attached hydrogens (tertiary/aromatic N) is 5. The van der Waals surface area contributed by atoms with Crippen LogP contribution >= 0.6 is 0 Å². The van der Waals surface area contributed by atoms with E-state index < -0.39 is 4.92 Å². The van der Waals surface area contributed by atoms with Gasteiger partial charge in [-0.2, -0.15) is 5.26 Å². The van der Waals surface area contributed by atoms with Gasteiger partial charge in [0.05, 0.1) is 22.7 Å². The maximum Gasteiger partial charge on any atom is 0.269 e. The van der Waals surface area contributed by atoms with Crippen LogP contribution in [-0.2, 0) is 6.61 Å². The van der Waals surface area contributed by atoms with Crippen molar-refractivity contribution in [1.82, 2.24) is 15.0 Å². The number of fused-ring (bicyclic) bond motifs is 1. The number of nitriles is 1. The Morgan fingerprint density at radius 1 is 1.14 bits per heavy atom. The van der Waals surface area contributed by atoms with E-state index in [2.05, 4.69) is 16.4 Å². The summed E-state index contributed by atoms with van der Waals surface area (Å²) in [5.74, 6) is 0.786. The molecule has 0 amide bonds. The third kappa shape index (κ3) is 4.26. The molecule has 1 atom stereocenters. The van der Waals surface area contributed by atoms with E-state index in [-0.39, 0.29) is 24.1 Å². The first-order valence-corrected chi connectivity index (χ1v) is 10.6. The standard InChI is InChI=1S/C25H18N6O4/c26-13-22-24(16-4-2-1-3-5-16)21-11-10-20(12-23(21)35-25(22)27)34-15-17-14-30(29-28-17)18-6-8-19(9-7-18)31(32)33/h1-12,14,24H,15,27H2. The first-order valence-electron chi connectivity index (χ1n) is 10.6. The molecule has 5 rings (SSSR count). The van der Waals surface area contributed by atoms with E-state index in [4.69, 9.17) is 15.2 Å². The number of hydrogen-bond donors (Lipinski definition) is 1. The van der Waals surface area contributed by atoms with Crippen LogP contribution in [-0.4, -0.2) is 19.9 Å². The first kappa shape index (κ1) is 21.7. The number of non-ortho nitro benzene ring substituents is 1. The van der Waals surface area contributed by atoms with E-state index in [0.29, 0.717) is 28.5 Å². The Hall–Kier alpha value is -5.17. The molecule has 172 valence electrons. The number of aromatic nitrogens is 3. The first-order chi connectivity index (χ1) is 17.0. The van der Waals surface area contributed by atoms with Crippen molar-refractivity contribution in [2.24, 2.45) is 5.73 Å². The molecule has 2 N–H and O–H groups in total. The summed E-state index contributed by atoms with van der Waals surface area (Å²) in [4.78, 5) is 10.4. The Kier molecular flexibility index (Phi) is 5.57. The second-order valence-electron chi connectivity index (χ2n) is 7.75. The van der Waals surface area contributed by atoms with Gasteiger partial charge in [-0.1, -0.05) is 41.6 Å². The molecule has 3 aromatic carbocycles. The summed E-state index contributed by atoms with van der Waals surface area (Å²) in [6.45, 7) is 0.142. The second kappa shape index (κ2) is 8.99. The molecule has 1 aliphatic heterocycles. The zero-order chi connectivity index (χ0) is 24.4. The van der Waals surface area contributed by atoms with Crippen molar-refractivity contribution in [2.75, 3.05) is 0 Å². The summed E-state index contributed by atoms with van der Waals surface area (Å²) in [6, 6.07) is 23.2. The normalized spacial score (nSPS) is 14.5. The van der Waals surface area contributed by atoms with Crippen molar-refractivity contribution in [3.05, 3.63) is 117 Å². The van der Waals surface area contributed by atoms with Crippen LogP contribution in [0.2, 0.25) is 0 Å². The summed E-state index contributed by atoms with van der Waals surface area (Å²) in [5.41, 5.74) is 9.39. The van der Waals surface area contributed by atoms with Crippen LogP contribution in [0, 0.1) is 21.4 Å². The molecule has 0 fully saturated rings. The lowest BCUT2D eigenvalue weighted by atomic mass is 9.83. The largest absolute Gasteiger partial charge is 0.487 e. The van der Waals surface area contributed by atoms with Gasteiger partial charge in [0.1, 0.15) is 35.4 Å². The van der Waals surface area contributed by atoms with Crippen LogP contribution in [0.4, 0.5) is 5.69 Å². The van der Waals surface area contributed by atoms with Crippen LogP contribution < -0.4 is 15.2 Å². The number of benzene rings is 3. The highest BCUT2D eigenvalue weighted by Gasteiger charge is 2.30. The summed E-state index contributed by atoms with van der Waals surface area (Å²) in [6.07, 6.45) is 1.68. The Bertz CT molecular complexity index is 1470. The van der Waals surface area contributed by atoms with E-state index in [0.717, 1.165) is 11.1 Å². The maximum absolute atomic E-state index is 10.8. The molecule has 4 aromatic rings. The molecule has 0 saturated heterocycles. The Labute approximate surface area is 199 Å². The van der Waals surface area contributed by atoms with Gasteiger partial charge in [-0.15, -0.1) is 5.10 Å². The van der Waals surface area contributed by atoms with Crippen LogP contribution in [0.15, 0.2) is 90.4 Å². The number of rotatable bonds is 6. The van der Waals surface area contributed by atoms with Crippen LogP contribution in [0.5, 0.6) is 11.5 Å². The van der Waals surface area contributed by atoms with Crippen molar-refractivity contribution in [3.63, 3.8) is 0 Å². The van der Waals surface area contributed by atoms with Crippen molar-refractivity contribution in [3.8, 4) is 23.3 Å². The molecule has 1 aliphatic rings. The predicted octanol–water partition coefficient (Wildman–Crippen LogP) is 3.97. The van der Waals surface area contributed by atoms with E-state index in [1.165, 1.54) is 16.8 Å². The summed E-state index contributed by atoms with van der Waals surface area (Å²) < 4.78 is 13.1. The molecular weight excluding hydrogens is 448 g/mol. The SMILES string of the molecule is N#CC1=C(N)Oc2cc(OCc3cn(-c4ccc([N+](=O)[O-])cc4)nn3)ccc2C1c1ccccc1. The minimum Gasteiger partial charge on any atom is -0.487 e. The highest BCUT2D eigenvalue weighted by molar-refractivity contribution is 5.57. The van der Waals surface area contributed by atoms with Crippen molar-refractivity contribution in [1.29, 1.82) is 5.26 Å². The van der Waals surface area contributed by atoms with Crippen molar-refractivity contribution < 1.29 is 14.4 Å². The van der Waals surface area contributed by atoms with Gasteiger partial charge in [-0.05, 0) is 23.8 Å². The Morgan fingerprint density at radius 3 is 2.63 bits per heavy atom. The molecule has 0 aliphatic carbocycles. The predicted molar refractivity (Wildman–Crippen MR) is 125 cm³/mol. The third-order valence-electron chi connectivity index (χ3n) is 5.58. The third-order valence-corrected chi connectivity index (χ3v) is 5.58. The van der Waals surface area contributed by atoms with Gasteiger partial charge >= 0.3 is 0 Å². The number of hydrogen-bond acceptors (Lipinski definition) is 8. The Morgan fingerprint density at radius 2 is 1.91 bits per heavy atom. The maximum atomic E-state index is 10.8. The molecule has 0 bridgehead atoms. The minimum absolute atomic E-state index is 0.000994. The average Bonchev–Trinajstić information content (AvgIpc) is 3.36. The van der Waals surface area contributed by atoms with E-state index >= 15 is 0 Å². The molecule has 1 aromatic heterocycles. The lowest BCUT2D eigenvalue weighted by molar-refractivity contribution is -0.384. The quantitative estimate of drug-likeness (QED) is 0.332. The van der Waals surface area contributed by atoms with E-state index in [9.17, 15) is 15.4 Å². The fraction of sp³-hybridized carbons (Fsp3) is 0.0800. The lowest BCUT2D eigenvalue weighted by Crippen LogP contribution is -2.21. The van der Waals surface area contributed by atoms with E-state index in [1.807, 2.05) is 36.4 Å². The molecule has 35 heavy (non-hydrogen) atoms. The zero-order valence-electron chi connectivity index (χ0n) is 18.2. The molecule has 0 saturated carbocycles. The zero-order valence-corrected chi connectivity index (χ0v) is 18.2. The van der Waals surface area contributed by atoms with Gasteiger partial charge in [0.2, 0.25) is 5.88 Å². The number of ether oxygens (including phenoxy) is 2. The molecule has 0 radical (unpaired) electrons. The van der Waals surface area contributed by atoms with Crippen LogP contribution in [0.25, 0.3) is 5.69 Å². The van der Waals surface area contributed by atoms with Crippen LogP contribution in [0.1, 0.15) is 22.7 Å². The van der Waals surface area contributed by atoms with Gasteiger partial charge in [-0.3, -0.25) is 10.1 Å². The van der Waals surface area contributed by atoms with Gasteiger partial charge in [0.15, 0.2) is 0 Å². The monoisotopic (exact) mass is 466 g/mol. The number of nitro benzene ring substituents is 1. The number of nitro groups is 1. The van der Waals surface area contributed by atoms with Gasteiger partial charge < -0.3 is 15.2 Å². The summed E-state index contributed by atoms with van der Waals surface area (Å²) >= 11 is 0. The van der Waals surface area contributed by atoms with Crippen LogP contribution in [0.3, 0.4) is 0 Å². The molecular formula is C25H18N6O4. The molecule has 0 spiro atoms. The van der Waals surface area contributed by atoms with Gasteiger partial charge in [0, 0.05) is 23.8 Å². The van der Waals surface area contributed by atoms with Crippen molar-refractivity contribution in [2.45, 2.75) is 12.5 Å². The number of nitrogens with two attached hydrogens (primary N) is 1. The second-order valence-corrected chi connectivity index (χ2v) is 7.75. The van der Waals surface area contributed by atoms with Gasteiger partial charge in [-0.25, -0.2) is 4.68 Å². The molecule has 1 unspecified atom stereocenters. The molecule has 2 heterocycles. The fourth-order valence-corrected chi connectivity index (χ4v) is 3.89. The summed E-state index contributed by atoms with van der Waals surface area (Å²) in [7, 11) is 0. The molecule has 10 heteroatoms. The topological polar surface area (TPSA) is 142 Å². The average molecular weight is 466 g/mol. The summed E-state index contributed by atoms with van der Waals surface area (Å²) in [5, 5.41) is 28.6. The highest BCUT2D eigenvalue weighted by Crippen LogP contribution is 2.43. The van der Waals surface area contributed by atoms with E-state index in [1.54, 1.807) is 30.5 Å². The fourth-order valence-electron chi connectivity index (χ4n) is 3.89. The lowest BCUT2D eigenvalue weighted by Gasteiger charge is -2.26.